The fraction of sp³-hybridized carbons (Fsp3) is 0.480. The summed E-state index contributed by atoms with van der Waals surface area (Å²) in [4.78, 5) is 17.1. The third kappa shape index (κ3) is 5.49. The molecule has 2 unspecified atom stereocenters. The lowest BCUT2D eigenvalue weighted by molar-refractivity contribution is -0.135. The normalized spacial score (nSPS) is 22.1. The number of rotatable bonds is 6. The molecule has 6 heteroatoms. The van der Waals surface area contributed by atoms with Crippen LogP contribution in [0.2, 0.25) is 0 Å². The highest BCUT2D eigenvalue weighted by molar-refractivity contribution is 5.78. The van der Waals surface area contributed by atoms with Crippen molar-refractivity contribution >= 4 is 5.91 Å². The number of hydrogen-bond donors (Lipinski definition) is 0. The van der Waals surface area contributed by atoms with Crippen LogP contribution in [0, 0.1) is 18.6 Å². The molecule has 0 aromatic heterocycles. The third-order valence-electron chi connectivity index (χ3n) is 6.47. The van der Waals surface area contributed by atoms with Gasteiger partial charge in [0.15, 0.2) is 0 Å². The second-order valence-corrected chi connectivity index (χ2v) is 8.70. The number of amides is 1. The summed E-state index contributed by atoms with van der Waals surface area (Å²) in [6.07, 6.45) is 2.94. The smallest absolute Gasteiger partial charge is 0.236 e. The number of nitrogens with zero attached hydrogens (tertiary/aromatic N) is 2. The van der Waals surface area contributed by atoms with Gasteiger partial charge in [0.1, 0.15) is 11.6 Å². The van der Waals surface area contributed by atoms with E-state index in [4.69, 9.17) is 4.74 Å². The molecule has 2 fully saturated rings. The van der Waals surface area contributed by atoms with Crippen LogP contribution in [0.3, 0.4) is 0 Å². The second kappa shape index (κ2) is 9.88. The van der Waals surface area contributed by atoms with Gasteiger partial charge in [0.05, 0.1) is 19.3 Å². The van der Waals surface area contributed by atoms with Gasteiger partial charge in [-0.3, -0.25) is 9.69 Å². The average molecular weight is 429 g/mol. The Morgan fingerprint density at radius 3 is 2.45 bits per heavy atom. The molecule has 2 aromatic carbocycles. The van der Waals surface area contributed by atoms with E-state index in [1.165, 1.54) is 24.3 Å². The van der Waals surface area contributed by atoms with E-state index in [1.54, 1.807) is 12.1 Å². The minimum atomic E-state index is -0.270. The van der Waals surface area contributed by atoms with Crippen LogP contribution in [0.5, 0.6) is 0 Å². The topological polar surface area (TPSA) is 32.8 Å². The summed E-state index contributed by atoms with van der Waals surface area (Å²) in [5.74, 6) is -0.405. The van der Waals surface area contributed by atoms with Crippen molar-refractivity contribution in [2.24, 2.45) is 0 Å². The average Bonchev–Trinajstić information content (AvgIpc) is 3.26. The first-order valence-electron chi connectivity index (χ1n) is 11.1. The van der Waals surface area contributed by atoms with Crippen molar-refractivity contribution in [2.75, 3.05) is 32.7 Å². The number of piperidine rings is 1. The number of aryl methyl sites for hydroxylation is 1. The molecule has 0 spiro atoms. The van der Waals surface area contributed by atoms with Crippen LogP contribution in [0.1, 0.15) is 41.9 Å². The lowest BCUT2D eigenvalue weighted by atomic mass is 9.85. The summed E-state index contributed by atoms with van der Waals surface area (Å²) in [5.41, 5.74) is 2.79. The molecule has 2 aliphatic heterocycles. The zero-order valence-corrected chi connectivity index (χ0v) is 18.0. The summed E-state index contributed by atoms with van der Waals surface area (Å²) >= 11 is 0. The van der Waals surface area contributed by atoms with Crippen molar-refractivity contribution in [3.05, 3.63) is 70.8 Å². The van der Waals surface area contributed by atoms with Crippen LogP contribution in [0.4, 0.5) is 8.78 Å². The minimum absolute atomic E-state index is 0.0303. The number of ether oxygens (including phenoxy) is 1. The second-order valence-electron chi connectivity index (χ2n) is 8.70. The van der Waals surface area contributed by atoms with E-state index in [9.17, 15) is 13.6 Å². The van der Waals surface area contributed by atoms with Gasteiger partial charge in [0, 0.05) is 19.0 Å². The SMILES string of the molecule is Cc1cc(F)ccc1C1CN(C(=O)CN2CCCC2)CCC1OCc1ccc(F)cc1. The number of carbonyl (C=O) groups excluding carboxylic acids is 1. The first-order valence-corrected chi connectivity index (χ1v) is 11.1. The first-order chi connectivity index (χ1) is 15.0. The quantitative estimate of drug-likeness (QED) is 0.689. The Morgan fingerprint density at radius 1 is 1.03 bits per heavy atom. The number of halogens is 2. The fourth-order valence-electron chi connectivity index (χ4n) is 4.73. The van der Waals surface area contributed by atoms with Crippen molar-refractivity contribution in [1.29, 1.82) is 0 Å². The molecule has 2 atom stereocenters. The van der Waals surface area contributed by atoms with Gasteiger partial charge in [-0.2, -0.15) is 0 Å². The molecule has 2 aliphatic rings. The van der Waals surface area contributed by atoms with Crippen LogP contribution in [-0.4, -0.2) is 54.5 Å². The van der Waals surface area contributed by atoms with Crippen molar-refractivity contribution < 1.29 is 18.3 Å². The van der Waals surface area contributed by atoms with E-state index >= 15 is 0 Å². The van der Waals surface area contributed by atoms with Gasteiger partial charge in [0.2, 0.25) is 5.91 Å². The highest BCUT2D eigenvalue weighted by atomic mass is 19.1. The number of benzene rings is 2. The molecule has 2 saturated heterocycles. The fourth-order valence-corrected chi connectivity index (χ4v) is 4.73. The van der Waals surface area contributed by atoms with Gasteiger partial charge in [0.25, 0.3) is 0 Å². The lowest BCUT2D eigenvalue weighted by Crippen LogP contribution is -2.48. The molecular formula is C25H30F2N2O2. The number of carbonyl (C=O) groups is 1. The molecule has 166 valence electrons. The predicted molar refractivity (Wildman–Crippen MR) is 116 cm³/mol. The summed E-state index contributed by atoms with van der Waals surface area (Å²) in [7, 11) is 0. The number of likely N-dealkylation sites (tertiary alicyclic amines) is 2. The van der Waals surface area contributed by atoms with Gasteiger partial charge in [-0.25, -0.2) is 8.78 Å². The highest BCUT2D eigenvalue weighted by Gasteiger charge is 2.34. The Hall–Kier alpha value is -2.31. The first kappa shape index (κ1) is 21.9. The molecule has 0 radical (unpaired) electrons. The molecular weight excluding hydrogens is 398 g/mol. The van der Waals surface area contributed by atoms with Crippen molar-refractivity contribution in [3.63, 3.8) is 0 Å². The van der Waals surface area contributed by atoms with Gasteiger partial charge < -0.3 is 9.64 Å². The molecule has 2 heterocycles. The van der Waals surface area contributed by atoms with Gasteiger partial charge in [-0.15, -0.1) is 0 Å². The summed E-state index contributed by atoms with van der Waals surface area (Å²) in [6.45, 7) is 5.94. The molecule has 4 rings (SSSR count). The zero-order valence-electron chi connectivity index (χ0n) is 18.0. The largest absolute Gasteiger partial charge is 0.373 e. The molecule has 1 amide bonds. The Bertz CT molecular complexity index is 897. The monoisotopic (exact) mass is 428 g/mol. The Kier molecular flexibility index (Phi) is 6.98. The van der Waals surface area contributed by atoms with E-state index < -0.39 is 0 Å². The van der Waals surface area contributed by atoms with Gasteiger partial charge >= 0.3 is 0 Å². The van der Waals surface area contributed by atoms with Crippen molar-refractivity contribution in [2.45, 2.75) is 44.8 Å². The molecule has 31 heavy (non-hydrogen) atoms. The molecule has 0 bridgehead atoms. The molecule has 2 aromatic rings. The van der Waals surface area contributed by atoms with Gasteiger partial charge in [-0.05, 0) is 80.2 Å². The van der Waals surface area contributed by atoms with E-state index in [1.807, 2.05) is 17.9 Å². The molecule has 0 N–H and O–H groups in total. The van der Waals surface area contributed by atoms with Crippen LogP contribution >= 0.6 is 0 Å². The van der Waals surface area contributed by atoms with Gasteiger partial charge in [-0.1, -0.05) is 18.2 Å². The highest BCUT2D eigenvalue weighted by Crippen LogP contribution is 2.33. The molecule has 4 nitrogen and oxygen atoms in total. The molecule has 0 saturated carbocycles. The summed E-state index contributed by atoms with van der Waals surface area (Å²) in [6, 6.07) is 11.1. The maximum absolute atomic E-state index is 13.7. The van der Waals surface area contributed by atoms with E-state index in [-0.39, 0.29) is 29.6 Å². The minimum Gasteiger partial charge on any atom is -0.373 e. The summed E-state index contributed by atoms with van der Waals surface area (Å²) < 4.78 is 33.2. The maximum atomic E-state index is 13.7. The van der Waals surface area contributed by atoms with Crippen LogP contribution in [0.25, 0.3) is 0 Å². The maximum Gasteiger partial charge on any atom is 0.236 e. The van der Waals surface area contributed by atoms with Crippen LogP contribution < -0.4 is 0 Å². The van der Waals surface area contributed by atoms with Crippen LogP contribution in [-0.2, 0) is 16.1 Å². The lowest BCUT2D eigenvalue weighted by Gasteiger charge is -2.40. The standard InChI is InChI=1S/C25H30F2N2O2/c1-18-14-21(27)8-9-22(18)23-15-29(25(30)16-28-11-2-3-12-28)13-10-24(23)31-17-19-4-6-20(26)7-5-19/h4-9,14,23-24H,2-3,10-13,15-17H2,1H3. The van der Waals surface area contributed by atoms with E-state index in [0.29, 0.717) is 32.7 Å². The van der Waals surface area contributed by atoms with Crippen molar-refractivity contribution in [3.8, 4) is 0 Å². The number of hydrogen-bond acceptors (Lipinski definition) is 3. The van der Waals surface area contributed by atoms with Crippen LogP contribution in [0.15, 0.2) is 42.5 Å². The predicted octanol–water partition coefficient (Wildman–Crippen LogP) is 4.27. The zero-order chi connectivity index (χ0) is 21.8. The Morgan fingerprint density at radius 2 is 1.74 bits per heavy atom. The summed E-state index contributed by atoms with van der Waals surface area (Å²) in [5, 5.41) is 0. The Balaban J connectivity index is 1.48. The third-order valence-corrected chi connectivity index (χ3v) is 6.47. The van der Waals surface area contributed by atoms with E-state index in [2.05, 4.69) is 4.90 Å². The van der Waals surface area contributed by atoms with E-state index in [0.717, 1.165) is 42.6 Å². The Labute approximate surface area is 182 Å². The molecule has 0 aliphatic carbocycles. The van der Waals surface area contributed by atoms with Crippen molar-refractivity contribution in [1.82, 2.24) is 9.80 Å².